The van der Waals surface area contributed by atoms with Crippen LogP contribution in [-0.2, 0) is 10.8 Å². The molecule has 0 saturated carbocycles. The van der Waals surface area contributed by atoms with E-state index in [-0.39, 0.29) is 29.4 Å². The Morgan fingerprint density at radius 3 is 2.50 bits per heavy atom. The van der Waals surface area contributed by atoms with Crippen LogP contribution in [0.1, 0.15) is 23.3 Å². The van der Waals surface area contributed by atoms with Crippen molar-refractivity contribution in [1.82, 2.24) is 19.9 Å². The molecule has 4 rings (SSSR count). The number of ether oxygens (including phenoxy) is 1. The number of benzene rings is 1. The van der Waals surface area contributed by atoms with Gasteiger partial charge in [0.25, 0.3) is 11.8 Å². The molecule has 1 aromatic carbocycles. The van der Waals surface area contributed by atoms with Gasteiger partial charge >= 0.3 is 5.69 Å². The van der Waals surface area contributed by atoms with Crippen LogP contribution in [0.5, 0.6) is 5.88 Å². The Bertz CT molecular complexity index is 1200. The van der Waals surface area contributed by atoms with Crippen molar-refractivity contribution in [3.05, 3.63) is 70.8 Å². The molecule has 0 radical (unpaired) electrons. The van der Waals surface area contributed by atoms with E-state index < -0.39 is 15.7 Å². The lowest BCUT2D eigenvalue weighted by molar-refractivity contribution is -0.385. The number of carbonyl (C=O) groups excluding carboxylic acids is 1. The number of carbonyl (C=O) groups is 1. The number of amides is 1. The zero-order valence-corrected chi connectivity index (χ0v) is 19.1. The largest absolute Gasteiger partial charge is 0.469 e. The molecule has 0 bridgehead atoms. The average molecular weight is 483 g/mol. The van der Waals surface area contributed by atoms with Crippen molar-refractivity contribution in [3.8, 4) is 5.88 Å². The second-order valence-corrected chi connectivity index (χ2v) is 8.94. The molecule has 1 aliphatic heterocycles. The number of likely N-dealkylation sites (tertiary alicyclic amines) is 1. The fourth-order valence-corrected chi connectivity index (χ4v) is 4.08. The molecule has 176 valence electrons. The van der Waals surface area contributed by atoms with E-state index in [2.05, 4.69) is 20.3 Å². The van der Waals surface area contributed by atoms with Gasteiger partial charge < -0.3 is 15.0 Å². The molecule has 0 spiro atoms. The van der Waals surface area contributed by atoms with Crippen molar-refractivity contribution in [3.63, 3.8) is 0 Å². The number of hydrogen-bond donors (Lipinski definition) is 1. The van der Waals surface area contributed by atoms with Crippen molar-refractivity contribution in [2.45, 2.75) is 23.8 Å². The van der Waals surface area contributed by atoms with Crippen LogP contribution in [0.3, 0.4) is 0 Å². The zero-order valence-electron chi connectivity index (χ0n) is 18.3. The van der Waals surface area contributed by atoms with Gasteiger partial charge in [0.05, 0.1) is 4.92 Å². The maximum Gasteiger partial charge on any atom is 0.373 e. The van der Waals surface area contributed by atoms with Gasteiger partial charge in [-0.05, 0) is 36.4 Å². The number of nitro groups is 1. The van der Waals surface area contributed by atoms with Crippen molar-refractivity contribution < 1.29 is 18.7 Å². The molecule has 3 heterocycles. The molecule has 1 aliphatic rings. The number of nitrogens with one attached hydrogen (secondary N) is 1. The predicted molar refractivity (Wildman–Crippen MR) is 125 cm³/mol. The van der Waals surface area contributed by atoms with Crippen molar-refractivity contribution in [1.29, 1.82) is 0 Å². The molecule has 11 nitrogen and oxygen atoms in total. The highest BCUT2D eigenvalue weighted by molar-refractivity contribution is 7.84. The standard InChI is InChI=1S/C22H22N6O5S/c1-34(32)17-7-5-15(6-8-17)26-20-19(28(30)31)21(25-14-24-20)33-16-9-12-27(13-10-16)22(29)18-4-2-3-11-23-18/h2-8,11,14,16H,9-10,12-13H2,1H3,(H,24,25,26). The van der Waals surface area contributed by atoms with E-state index in [1.165, 1.54) is 6.33 Å². The minimum absolute atomic E-state index is 0.0110. The Kier molecular flexibility index (Phi) is 7.07. The van der Waals surface area contributed by atoms with Gasteiger partial charge in [-0.3, -0.25) is 24.1 Å². The van der Waals surface area contributed by atoms with Gasteiger partial charge in [-0.25, -0.2) is 4.98 Å². The number of piperidine rings is 1. The third kappa shape index (κ3) is 5.34. The molecular weight excluding hydrogens is 460 g/mol. The smallest absolute Gasteiger partial charge is 0.373 e. The number of nitrogens with zero attached hydrogens (tertiary/aromatic N) is 5. The molecule has 1 unspecified atom stereocenters. The lowest BCUT2D eigenvalue weighted by Crippen LogP contribution is -2.42. The van der Waals surface area contributed by atoms with Gasteiger partial charge in [0.15, 0.2) is 0 Å². The number of aromatic nitrogens is 3. The molecule has 12 heteroatoms. The summed E-state index contributed by atoms with van der Waals surface area (Å²) in [5, 5.41) is 14.7. The van der Waals surface area contributed by atoms with Gasteiger partial charge in [-0.15, -0.1) is 0 Å². The van der Waals surface area contributed by atoms with Gasteiger partial charge in [-0.2, -0.15) is 4.98 Å². The maximum atomic E-state index is 12.6. The van der Waals surface area contributed by atoms with E-state index in [1.807, 2.05) is 0 Å². The van der Waals surface area contributed by atoms with E-state index in [1.54, 1.807) is 59.8 Å². The summed E-state index contributed by atoms with van der Waals surface area (Å²) in [4.78, 5) is 38.2. The Labute approximate surface area is 197 Å². The summed E-state index contributed by atoms with van der Waals surface area (Å²) < 4.78 is 17.4. The first-order valence-electron chi connectivity index (χ1n) is 10.5. The fourth-order valence-electron chi connectivity index (χ4n) is 3.56. The Morgan fingerprint density at radius 2 is 1.88 bits per heavy atom. The average Bonchev–Trinajstić information content (AvgIpc) is 2.85. The quantitative estimate of drug-likeness (QED) is 0.397. The summed E-state index contributed by atoms with van der Waals surface area (Å²) in [6.45, 7) is 0.879. The summed E-state index contributed by atoms with van der Waals surface area (Å²) in [6.07, 6.45) is 4.99. The lowest BCUT2D eigenvalue weighted by Gasteiger charge is -2.31. The first-order chi connectivity index (χ1) is 16.4. The number of pyridine rings is 1. The maximum absolute atomic E-state index is 12.6. The van der Waals surface area contributed by atoms with Crippen LogP contribution in [0.25, 0.3) is 0 Å². The van der Waals surface area contributed by atoms with Crippen LogP contribution in [-0.4, -0.2) is 60.3 Å². The summed E-state index contributed by atoms with van der Waals surface area (Å²) >= 11 is 0. The Morgan fingerprint density at radius 1 is 1.15 bits per heavy atom. The van der Waals surface area contributed by atoms with E-state index >= 15 is 0 Å². The van der Waals surface area contributed by atoms with Gasteiger partial charge in [-0.1, -0.05) is 6.07 Å². The summed E-state index contributed by atoms with van der Waals surface area (Å²) in [6, 6.07) is 11.8. The van der Waals surface area contributed by atoms with Gasteiger partial charge in [0.2, 0.25) is 5.82 Å². The van der Waals surface area contributed by atoms with Crippen LogP contribution in [0.2, 0.25) is 0 Å². The Hall–Kier alpha value is -3.93. The van der Waals surface area contributed by atoms with Crippen molar-refractivity contribution in [2.24, 2.45) is 0 Å². The van der Waals surface area contributed by atoms with Gasteiger partial charge in [0.1, 0.15) is 18.1 Å². The van der Waals surface area contributed by atoms with Crippen LogP contribution in [0.15, 0.2) is 59.9 Å². The minimum atomic E-state index is -1.13. The number of rotatable bonds is 7. The zero-order chi connectivity index (χ0) is 24.1. The van der Waals surface area contributed by atoms with E-state index in [4.69, 9.17) is 4.74 Å². The third-order valence-corrected chi connectivity index (χ3v) is 6.25. The number of anilines is 2. The highest BCUT2D eigenvalue weighted by atomic mass is 32.2. The van der Waals surface area contributed by atoms with E-state index in [9.17, 15) is 19.1 Å². The van der Waals surface area contributed by atoms with Crippen LogP contribution in [0, 0.1) is 10.1 Å². The minimum Gasteiger partial charge on any atom is -0.469 e. The molecule has 3 aromatic rings. The first-order valence-corrected chi connectivity index (χ1v) is 12.0. The fraction of sp³-hybridized carbons (Fsp3) is 0.273. The molecule has 2 aromatic heterocycles. The van der Waals surface area contributed by atoms with E-state index in [0.29, 0.717) is 42.2 Å². The highest BCUT2D eigenvalue weighted by Gasteiger charge is 2.30. The van der Waals surface area contributed by atoms with E-state index in [0.717, 1.165) is 0 Å². The normalized spacial score (nSPS) is 14.9. The van der Waals surface area contributed by atoms with Crippen molar-refractivity contribution >= 4 is 33.9 Å². The molecule has 0 aliphatic carbocycles. The monoisotopic (exact) mass is 482 g/mol. The SMILES string of the molecule is CS(=O)c1ccc(Nc2ncnc(OC3CCN(C(=O)c4ccccn4)CC3)c2[N+](=O)[O-])cc1. The van der Waals surface area contributed by atoms with Gasteiger partial charge in [0, 0.05) is 59.8 Å². The topological polar surface area (TPSA) is 140 Å². The molecular formula is C22H22N6O5S. The molecule has 1 saturated heterocycles. The summed E-state index contributed by atoms with van der Waals surface area (Å²) in [5.74, 6) is -0.303. The van der Waals surface area contributed by atoms with Crippen LogP contribution >= 0.6 is 0 Å². The predicted octanol–water partition coefficient (Wildman–Crippen LogP) is 2.94. The molecule has 1 amide bonds. The lowest BCUT2D eigenvalue weighted by atomic mass is 10.1. The van der Waals surface area contributed by atoms with Crippen molar-refractivity contribution in [2.75, 3.05) is 24.7 Å². The summed E-state index contributed by atoms with van der Waals surface area (Å²) in [7, 11) is -1.13. The molecule has 34 heavy (non-hydrogen) atoms. The van der Waals surface area contributed by atoms with Crippen LogP contribution < -0.4 is 10.1 Å². The molecule has 1 atom stereocenters. The third-order valence-electron chi connectivity index (χ3n) is 5.31. The Balaban J connectivity index is 1.45. The molecule has 1 fully saturated rings. The van der Waals surface area contributed by atoms with Crippen LogP contribution in [0.4, 0.5) is 17.2 Å². The highest BCUT2D eigenvalue weighted by Crippen LogP contribution is 2.34. The summed E-state index contributed by atoms with van der Waals surface area (Å²) in [5.41, 5.74) is 0.545. The molecule has 1 N–H and O–H groups in total. The first kappa shape index (κ1) is 23.2. The second kappa shape index (κ2) is 10.3. The number of hydrogen-bond acceptors (Lipinski definition) is 9. The second-order valence-electron chi connectivity index (χ2n) is 7.56.